The zero-order valence-electron chi connectivity index (χ0n) is 7.30. The summed E-state index contributed by atoms with van der Waals surface area (Å²) >= 11 is 0. The van der Waals surface area contributed by atoms with E-state index in [0.717, 1.165) is 12.3 Å². The SMILES string of the molecule is C#CCCc1cnccc1C(F)(F)F. The summed E-state index contributed by atoms with van der Waals surface area (Å²) in [4.78, 5) is 3.64. The quantitative estimate of drug-likeness (QED) is 0.667. The second-order valence-corrected chi connectivity index (χ2v) is 2.73. The van der Waals surface area contributed by atoms with Gasteiger partial charge in [-0.2, -0.15) is 13.2 Å². The highest BCUT2D eigenvalue weighted by Gasteiger charge is 2.32. The Morgan fingerprint density at radius 2 is 2.14 bits per heavy atom. The monoisotopic (exact) mass is 199 g/mol. The summed E-state index contributed by atoms with van der Waals surface area (Å²) in [6.07, 6.45) is 3.49. The molecule has 0 bridgehead atoms. The number of hydrogen-bond donors (Lipinski definition) is 0. The largest absolute Gasteiger partial charge is 0.416 e. The maximum absolute atomic E-state index is 12.4. The Hall–Kier alpha value is -1.50. The molecule has 0 radical (unpaired) electrons. The van der Waals surface area contributed by atoms with E-state index in [1.807, 2.05) is 0 Å². The molecule has 0 atom stereocenters. The fourth-order valence-corrected chi connectivity index (χ4v) is 1.11. The van der Waals surface area contributed by atoms with Crippen LogP contribution in [0.2, 0.25) is 0 Å². The molecular weight excluding hydrogens is 191 g/mol. The smallest absolute Gasteiger partial charge is 0.264 e. The summed E-state index contributed by atoms with van der Waals surface area (Å²) in [6, 6.07) is 0.964. The van der Waals surface area contributed by atoms with Crippen molar-refractivity contribution >= 4 is 0 Å². The third-order valence-corrected chi connectivity index (χ3v) is 1.75. The first-order valence-corrected chi connectivity index (χ1v) is 3.99. The van der Waals surface area contributed by atoms with Crippen molar-refractivity contribution in [2.45, 2.75) is 19.0 Å². The molecule has 1 aromatic heterocycles. The summed E-state index contributed by atoms with van der Waals surface area (Å²) in [5, 5.41) is 0. The van der Waals surface area contributed by atoms with Crippen LogP contribution in [0.3, 0.4) is 0 Å². The summed E-state index contributed by atoms with van der Waals surface area (Å²) in [7, 11) is 0. The van der Waals surface area contributed by atoms with Gasteiger partial charge in [-0.3, -0.25) is 4.98 Å². The van der Waals surface area contributed by atoms with Gasteiger partial charge in [-0.25, -0.2) is 0 Å². The van der Waals surface area contributed by atoms with Crippen LogP contribution >= 0.6 is 0 Å². The number of hydrogen-bond acceptors (Lipinski definition) is 1. The normalized spacial score (nSPS) is 11.0. The average molecular weight is 199 g/mol. The molecule has 0 N–H and O–H groups in total. The van der Waals surface area contributed by atoms with Crippen LogP contribution in [0.25, 0.3) is 0 Å². The van der Waals surface area contributed by atoms with Crippen LogP contribution in [0.4, 0.5) is 13.2 Å². The minimum absolute atomic E-state index is 0.151. The highest BCUT2D eigenvalue weighted by Crippen LogP contribution is 2.31. The van der Waals surface area contributed by atoms with E-state index in [-0.39, 0.29) is 18.4 Å². The minimum Gasteiger partial charge on any atom is -0.264 e. The Labute approximate surface area is 80.0 Å². The van der Waals surface area contributed by atoms with Gasteiger partial charge in [0.15, 0.2) is 0 Å². The molecule has 0 aliphatic carbocycles. The molecule has 1 heterocycles. The van der Waals surface area contributed by atoms with Gasteiger partial charge >= 0.3 is 6.18 Å². The molecule has 0 aliphatic rings. The molecule has 0 aliphatic heterocycles. The highest BCUT2D eigenvalue weighted by molar-refractivity contribution is 5.26. The van der Waals surface area contributed by atoms with Crippen LogP contribution in [0.1, 0.15) is 17.5 Å². The zero-order chi connectivity index (χ0) is 10.6. The van der Waals surface area contributed by atoms with E-state index in [1.165, 1.54) is 6.20 Å². The fourth-order valence-electron chi connectivity index (χ4n) is 1.11. The Kier molecular flexibility index (Phi) is 3.13. The van der Waals surface area contributed by atoms with Crippen LogP contribution in [0.15, 0.2) is 18.5 Å². The number of aryl methyl sites for hydroxylation is 1. The Morgan fingerprint density at radius 1 is 1.43 bits per heavy atom. The number of pyridine rings is 1. The average Bonchev–Trinajstić information content (AvgIpc) is 2.14. The number of terminal acetylenes is 1. The van der Waals surface area contributed by atoms with E-state index >= 15 is 0 Å². The molecule has 0 spiro atoms. The predicted octanol–water partition coefficient (Wildman–Crippen LogP) is 2.67. The zero-order valence-corrected chi connectivity index (χ0v) is 7.30. The number of nitrogens with zero attached hydrogens (tertiary/aromatic N) is 1. The van der Waals surface area contributed by atoms with Crippen molar-refractivity contribution in [3.05, 3.63) is 29.6 Å². The van der Waals surface area contributed by atoms with Gasteiger partial charge in [0.1, 0.15) is 0 Å². The maximum atomic E-state index is 12.4. The van der Waals surface area contributed by atoms with E-state index in [4.69, 9.17) is 6.42 Å². The molecule has 0 aromatic carbocycles. The standard InChI is InChI=1S/C10H8F3N/c1-2-3-4-8-7-14-6-5-9(8)10(11,12)13/h1,5-7H,3-4H2. The molecule has 0 amide bonds. The fraction of sp³-hybridized carbons (Fsp3) is 0.300. The lowest BCUT2D eigenvalue weighted by molar-refractivity contribution is -0.138. The molecule has 74 valence electrons. The number of aromatic nitrogens is 1. The lowest BCUT2D eigenvalue weighted by atomic mass is 10.1. The van der Waals surface area contributed by atoms with Gasteiger partial charge in [0.25, 0.3) is 0 Å². The third kappa shape index (κ3) is 2.49. The van der Waals surface area contributed by atoms with Crippen molar-refractivity contribution in [3.63, 3.8) is 0 Å². The molecule has 0 unspecified atom stereocenters. The first-order valence-electron chi connectivity index (χ1n) is 3.99. The van der Waals surface area contributed by atoms with Gasteiger partial charge < -0.3 is 0 Å². The van der Waals surface area contributed by atoms with Gasteiger partial charge in [-0.05, 0) is 18.1 Å². The van der Waals surface area contributed by atoms with Gasteiger partial charge in [-0.1, -0.05) is 0 Å². The van der Waals surface area contributed by atoms with Crippen molar-refractivity contribution in [3.8, 4) is 12.3 Å². The Morgan fingerprint density at radius 3 is 2.71 bits per heavy atom. The molecule has 1 aromatic rings. The molecule has 0 saturated carbocycles. The maximum Gasteiger partial charge on any atom is 0.416 e. The number of alkyl halides is 3. The number of rotatable bonds is 2. The van der Waals surface area contributed by atoms with E-state index in [1.54, 1.807) is 0 Å². The van der Waals surface area contributed by atoms with E-state index < -0.39 is 11.7 Å². The van der Waals surface area contributed by atoms with Gasteiger partial charge in [0.05, 0.1) is 5.56 Å². The molecule has 4 heteroatoms. The van der Waals surface area contributed by atoms with Crippen LogP contribution in [-0.4, -0.2) is 4.98 Å². The minimum atomic E-state index is -4.33. The first-order chi connectivity index (χ1) is 6.55. The van der Waals surface area contributed by atoms with Crippen LogP contribution in [0.5, 0.6) is 0 Å². The Balaban J connectivity index is 2.99. The van der Waals surface area contributed by atoms with Crippen LogP contribution in [0, 0.1) is 12.3 Å². The lowest BCUT2D eigenvalue weighted by Crippen LogP contribution is -2.09. The number of halogens is 3. The van der Waals surface area contributed by atoms with Crippen molar-refractivity contribution in [2.24, 2.45) is 0 Å². The molecule has 0 saturated heterocycles. The lowest BCUT2D eigenvalue weighted by Gasteiger charge is -2.10. The van der Waals surface area contributed by atoms with E-state index in [9.17, 15) is 13.2 Å². The summed E-state index contributed by atoms with van der Waals surface area (Å²) in [5.74, 6) is 2.30. The summed E-state index contributed by atoms with van der Waals surface area (Å²) in [6.45, 7) is 0. The van der Waals surface area contributed by atoms with Crippen molar-refractivity contribution in [1.29, 1.82) is 0 Å². The third-order valence-electron chi connectivity index (χ3n) is 1.75. The first kappa shape index (κ1) is 10.6. The second-order valence-electron chi connectivity index (χ2n) is 2.73. The van der Waals surface area contributed by atoms with Crippen molar-refractivity contribution < 1.29 is 13.2 Å². The predicted molar refractivity (Wildman–Crippen MR) is 46.4 cm³/mol. The summed E-state index contributed by atoms with van der Waals surface area (Å²) < 4.78 is 37.2. The second kappa shape index (κ2) is 4.14. The van der Waals surface area contributed by atoms with Crippen molar-refractivity contribution in [2.75, 3.05) is 0 Å². The van der Waals surface area contributed by atoms with Gasteiger partial charge in [0, 0.05) is 18.8 Å². The van der Waals surface area contributed by atoms with Crippen LogP contribution in [-0.2, 0) is 12.6 Å². The molecule has 14 heavy (non-hydrogen) atoms. The summed E-state index contributed by atoms with van der Waals surface area (Å²) in [5.41, 5.74) is -0.499. The molecule has 1 nitrogen and oxygen atoms in total. The highest BCUT2D eigenvalue weighted by atomic mass is 19.4. The molecule has 0 fully saturated rings. The van der Waals surface area contributed by atoms with Gasteiger partial charge in [0.2, 0.25) is 0 Å². The molecular formula is C10H8F3N. The van der Waals surface area contributed by atoms with Crippen molar-refractivity contribution in [1.82, 2.24) is 4.98 Å². The van der Waals surface area contributed by atoms with E-state index in [2.05, 4.69) is 10.9 Å². The van der Waals surface area contributed by atoms with Gasteiger partial charge in [-0.15, -0.1) is 12.3 Å². The Bertz CT molecular complexity index is 349. The topological polar surface area (TPSA) is 12.9 Å². The van der Waals surface area contributed by atoms with E-state index in [0.29, 0.717) is 0 Å². The van der Waals surface area contributed by atoms with Crippen LogP contribution < -0.4 is 0 Å². The molecule has 1 rings (SSSR count).